The Kier molecular flexibility index (Phi) is 7.14. The topological polar surface area (TPSA) is 119 Å². The van der Waals surface area contributed by atoms with Gasteiger partial charge in [-0.3, -0.25) is 9.59 Å². The summed E-state index contributed by atoms with van der Waals surface area (Å²) in [4.78, 5) is 36.7. The van der Waals surface area contributed by atoms with Gasteiger partial charge < -0.3 is 20.7 Å². The van der Waals surface area contributed by atoms with Crippen LogP contribution in [0.3, 0.4) is 0 Å². The van der Waals surface area contributed by atoms with Crippen LogP contribution in [0.15, 0.2) is 30.5 Å². The van der Waals surface area contributed by atoms with Gasteiger partial charge in [0.2, 0.25) is 0 Å². The Morgan fingerprint density at radius 1 is 1.26 bits per heavy atom. The molecule has 0 atom stereocenters. The fourth-order valence-corrected chi connectivity index (χ4v) is 2.46. The molecular formula is C16H17Cl2N5O4. The molecule has 0 saturated carbocycles. The zero-order valence-electron chi connectivity index (χ0n) is 14.3. The second kappa shape index (κ2) is 9.33. The van der Waals surface area contributed by atoms with E-state index in [-0.39, 0.29) is 31.4 Å². The molecule has 0 unspecified atom stereocenters. The fraction of sp³-hybridized carbons (Fsp3) is 0.312. The van der Waals surface area contributed by atoms with Gasteiger partial charge in [0.05, 0.1) is 6.54 Å². The third kappa shape index (κ3) is 5.66. The number of benzene rings is 1. The van der Waals surface area contributed by atoms with Crippen LogP contribution in [0.2, 0.25) is 0 Å². The molecule has 0 spiro atoms. The number of carbonyl (C=O) groups excluding carboxylic acids is 2. The first kappa shape index (κ1) is 20.7. The number of aryl methyl sites for hydroxylation is 1. The lowest BCUT2D eigenvalue weighted by molar-refractivity contribution is -0.392. The normalized spacial score (nSPS) is 10.7. The minimum Gasteiger partial charge on any atom is -0.358 e. The molecule has 0 aliphatic heterocycles. The van der Waals surface area contributed by atoms with Crippen LogP contribution in [-0.4, -0.2) is 37.7 Å². The van der Waals surface area contributed by atoms with Crippen molar-refractivity contribution in [2.45, 2.75) is 24.8 Å². The van der Waals surface area contributed by atoms with Crippen LogP contribution in [0, 0.1) is 17.0 Å². The van der Waals surface area contributed by atoms with Crippen LogP contribution in [0.25, 0.3) is 0 Å². The minimum atomic E-state index is -1.13. The van der Waals surface area contributed by atoms with Crippen molar-refractivity contribution < 1.29 is 14.5 Å². The summed E-state index contributed by atoms with van der Waals surface area (Å²) < 4.78 is 1.42. The van der Waals surface area contributed by atoms with E-state index in [0.29, 0.717) is 11.4 Å². The molecule has 0 bridgehead atoms. The summed E-state index contributed by atoms with van der Waals surface area (Å²) in [6, 6.07) is 6.61. The maximum absolute atomic E-state index is 12.2. The van der Waals surface area contributed by atoms with Gasteiger partial charge >= 0.3 is 5.82 Å². The van der Waals surface area contributed by atoms with Crippen LogP contribution < -0.4 is 10.6 Å². The Morgan fingerprint density at radius 3 is 2.52 bits per heavy atom. The summed E-state index contributed by atoms with van der Waals surface area (Å²) in [7, 11) is 0. The molecule has 2 rings (SSSR count). The fourth-order valence-electron chi connectivity index (χ4n) is 2.30. The summed E-state index contributed by atoms with van der Waals surface area (Å²) >= 11 is 10.9. The van der Waals surface area contributed by atoms with E-state index in [1.807, 2.05) is 0 Å². The molecule has 9 nitrogen and oxygen atoms in total. The number of hydrogen-bond acceptors (Lipinski definition) is 5. The summed E-state index contributed by atoms with van der Waals surface area (Å²) in [6.07, 6.45) is 1.19. The number of aromatic nitrogens is 2. The van der Waals surface area contributed by atoms with Crippen molar-refractivity contribution in [1.29, 1.82) is 0 Å². The second-order valence-electron chi connectivity index (χ2n) is 5.54. The SMILES string of the molecule is Cc1ncc([N+](=O)[O-])n1CCNC(=O)c1ccc(CNC(=O)C(Cl)Cl)cc1. The van der Waals surface area contributed by atoms with E-state index in [0.717, 1.165) is 5.56 Å². The number of alkyl halides is 2. The number of amides is 2. The highest BCUT2D eigenvalue weighted by Gasteiger charge is 2.17. The molecule has 2 aromatic rings. The van der Waals surface area contributed by atoms with Crippen molar-refractivity contribution in [2.75, 3.05) is 6.54 Å². The first-order valence-electron chi connectivity index (χ1n) is 7.89. The van der Waals surface area contributed by atoms with Gasteiger partial charge in [0.25, 0.3) is 11.8 Å². The molecule has 27 heavy (non-hydrogen) atoms. The Morgan fingerprint density at radius 2 is 1.93 bits per heavy atom. The van der Waals surface area contributed by atoms with Crippen molar-refractivity contribution in [2.24, 2.45) is 0 Å². The van der Waals surface area contributed by atoms with Crippen molar-refractivity contribution in [3.63, 3.8) is 0 Å². The maximum atomic E-state index is 12.2. The standard InChI is InChI=1S/C16H17Cl2N5O4/c1-10-20-9-13(23(26)27)22(10)7-6-19-15(24)12-4-2-11(3-5-12)8-21-16(25)14(17)18/h2-5,9,14H,6-8H2,1H3,(H,19,24)(H,21,25). The van der Waals surface area contributed by atoms with E-state index in [1.54, 1.807) is 31.2 Å². The third-order valence-electron chi connectivity index (χ3n) is 3.72. The quantitative estimate of drug-likeness (QED) is 0.389. The molecule has 144 valence electrons. The summed E-state index contributed by atoms with van der Waals surface area (Å²) in [5.74, 6) is -0.431. The third-order valence-corrected chi connectivity index (χ3v) is 4.12. The molecule has 2 amide bonds. The van der Waals surface area contributed by atoms with Gasteiger partial charge in [0.15, 0.2) is 10.7 Å². The number of imidazole rings is 1. The van der Waals surface area contributed by atoms with Crippen molar-refractivity contribution >= 4 is 40.8 Å². The average molecular weight is 414 g/mol. The van der Waals surface area contributed by atoms with Gasteiger partial charge in [-0.05, 0) is 22.6 Å². The Bertz CT molecular complexity index is 836. The maximum Gasteiger partial charge on any atom is 0.342 e. The molecule has 0 aliphatic carbocycles. The molecule has 1 aromatic heterocycles. The number of halogens is 2. The lowest BCUT2D eigenvalue weighted by atomic mass is 10.1. The molecular weight excluding hydrogens is 397 g/mol. The smallest absolute Gasteiger partial charge is 0.342 e. The van der Waals surface area contributed by atoms with E-state index in [1.165, 1.54) is 10.8 Å². The number of carbonyl (C=O) groups is 2. The monoisotopic (exact) mass is 413 g/mol. The molecule has 0 fully saturated rings. The number of nitrogens with one attached hydrogen (secondary N) is 2. The Balaban J connectivity index is 1.87. The van der Waals surface area contributed by atoms with Crippen LogP contribution in [0.4, 0.5) is 5.82 Å². The van der Waals surface area contributed by atoms with E-state index >= 15 is 0 Å². The van der Waals surface area contributed by atoms with Gasteiger partial charge in [-0.15, -0.1) is 0 Å². The van der Waals surface area contributed by atoms with Crippen molar-refractivity contribution in [1.82, 2.24) is 20.2 Å². The number of rotatable bonds is 8. The molecule has 0 aliphatic rings. The van der Waals surface area contributed by atoms with Gasteiger partial charge in [0, 0.05) is 19.0 Å². The van der Waals surface area contributed by atoms with Gasteiger partial charge in [-0.1, -0.05) is 35.3 Å². The predicted molar refractivity (Wildman–Crippen MR) is 99.7 cm³/mol. The van der Waals surface area contributed by atoms with Crippen LogP contribution in [0.5, 0.6) is 0 Å². The van der Waals surface area contributed by atoms with Gasteiger partial charge in [-0.25, -0.2) is 9.55 Å². The first-order chi connectivity index (χ1) is 12.8. The number of nitrogens with zero attached hydrogens (tertiary/aromatic N) is 3. The lowest BCUT2D eigenvalue weighted by Gasteiger charge is -2.08. The molecule has 1 heterocycles. The van der Waals surface area contributed by atoms with E-state index in [2.05, 4.69) is 15.6 Å². The van der Waals surface area contributed by atoms with E-state index in [4.69, 9.17) is 23.2 Å². The highest BCUT2D eigenvalue weighted by molar-refractivity contribution is 6.53. The largest absolute Gasteiger partial charge is 0.358 e. The van der Waals surface area contributed by atoms with Crippen LogP contribution in [-0.2, 0) is 17.9 Å². The number of nitro groups is 1. The molecule has 2 N–H and O–H groups in total. The molecule has 0 saturated heterocycles. The Labute approximate surface area is 164 Å². The summed E-state index contributed by atoms with van der Waals surface area (Å²) in [5, 5.41) is 16.2. The van der Waals surface area contributed by atoms with Crippen molar-refractivity contribution in [3.05, 3.63) is 57.5 Å². The lowest BCUT2D eigenvalue weighted by Crippen LogP contribution is -2.28. The van der Waals surface area contributed by atoms with Crippen LogP contribution >= 0.6 is 23.2 Å². The second-order valence-corrected chi connectivity index (χ2v) is 6.64. The molecule has 11 heteroatoms. The summed E-state index contributed by atoms with van der Waals surface area (Å²) in [5.41, 5.74) is 1.20. The van der Waals surface area contributed by atoms with Gasteiger partial charge in [0.1, 0.15) is 12.7 Å². The summed E-state index contributed by atoms with van der Waals surface area (Å²) in [6.45, 7) is 2.33. The zero-order chi connectivity index (χ0) is 20.0. The predicted octanol–water partition coefficient (Wildman–Crippen LogP) is 1.95. The minimum absolute atomic E-state index is 0.121. The van der Waals surface area contributed by atoms with E-state index < -0.39 is 15.7 Å². The average Bonchev–Trinajstić information content (AvgIpc) is 3.01. The zero-order valence-corrected chi connectivity index (χ0v) is 15.8. The highest BCUT2D eigenvalue weighted by Crippen LogP contribution is 2.13. The molecule has 0 radical (unpaired) electrons. The highest BCUT2D eigenvalue weighted by atomic mass is 35.5. The number of hydrogen-bond donors (Lipinski definition) is 2. The van der Waals surface area contributed by atoms with Crippen molar-refractivity contribution in [3.8, 4) is 0 Å². The van der Waals surface area contributed by atoms with Crippen LogP contribution in [0.1, 0.15) is 21.7 Å². The molecule has 1 aromatic carbocycles. The van der Waals surface area contributed by atoms with E-state index in [9.17, 15) is 19.7 Å². The first-order valence-corrected chi connectivity index (χ1v) is 8.76. The Hall–Kier alpha value is -2.65. The van der Waals surface area contributed by atoms with Gasteiger partial charge in [-0.2, -0.15) is 0 Å².